The quantitative estimate of drug-likeness (QED) is 0.811. The van der Waals surface area contributed by atoms with Gasteiger partial charge in [0.05, 0.1) is 13.1 Å². The van der Waals surface area contributed by atoms with Gasteiger partial charge in [-0.3, -0.25) is 4.79 Å². The number of aryl methyl sites for hydroxylation is 3. The summed E-state index contributed by atoms with van der Waals surface area (Å²) in [5, 5.41) is 5.49. The fraction of sp³-hybridized carbons (Fsp3) is 0.333. The van der Waals surface area contributed by atoms with E-state index in [-0.39, 0.29) is 18.1 Å². The molecule has 0 saturated heterocycles. The molecule has 0 bridgehead atoms. The van der Waals surface area contributed by atoms with Crippen LogP contribution in [0, 0.1) is 20.8 Å². The maximum atomic E-state index is 11.8. The van der Waals surface area contributed by atoms with Gasteiger partial charge in [0.15, 0.2) is 0 Å². The van der Waals surface area contributed by atoms with Crippen LogP contribution in [0.1, 0.15) is 26.6 Å². The summed E-state index contributed by atoms with van der Waals surface area (Å²) in [4.78, 5) is 28.6. The molecular formula is C15H19N3O2S. The Bertz CT molecular complexity index is 703. The van der Waals surface area contributed by atoms with Crippen LogP contribution < -0.4 is 16.2 Å². The van der Waals surface area contributed by atoms with Crippen molar-refractivity contribution in [2.24, 2.45) is 0 Å². The van der Waals surface area contributed by atoms with Crippen molar-refractivity contribution in [3.8, 4) is 0 Å². The van der Waals surface area contributed by atoms with E-state index in [1.54, 1.807) is 11.3 Å². The van der Waals surface area contributed by atoms with E-state index < -0.39 is 0 Å². The molecule has 2 amide bonds. The summed E-state index contributed by atoms with van der Waals surface area (Å²) in [6.45, 7) is 6.44. The zero-order valence-electron chi connectivity index (χ0n) is 12.4. The summed E-state index contributed by atoms with van der Waals surface area (Å²) in [5.74, 6) is 0. The molecule has 0 saturated carbocycles. The molecule has 21 heavy (non-hydrogen) atoms. The third kappa shape index (κ3) is 4.19. The van der Waals surface area contributed by atoms with Crippen LogP contribution in [0.15, 0.2) is 23.0 Å². The van der Waals surface area contributed by atoms with Crippen LogP contribution in [-0.4, -0.2) is 11.0 Å². The molecule has 0 atom stereocenters. The SMILES string of the molecule is Cc1cc(C)c(CNC(=O)NCc2ccc(C)s2)c(=O)[nH]1. The maximum absolute atomic E-state index is 11.8. The van der Waals surface area contributed by atoms with E-state index in [4.69, 9.17) is 0 Å². The van der Waals surface area contributed by atoms with Gasteiger partial charge in [-0.05, 0) is 44.5 Å². The molecule has 0 spiro atoms. The average molecular weight is 305 g/mol. The molecule has 0 aromatic carbocycles. The lowest BCUT2D eigenvalue weighted by Crippen LogP contribution is -2.36. The number of H-pyrrole nitrogens is 1. The van der Waals surface area contributed by atoms with Crippen molar-refractivity contribution >= 4 is 17.4 Å². The van der Waals surface area contributed by atoms with Gasteiger partial charge in [-0.1, -0.05) is 0 Å². The highest BCUT2D eigenvalue weighted by atomic mass is 32.1. The van der Waals surface area contributed by atoms with Gasteiger partial charge < -0.3 is 15.6 Å². The second kappa shape index (κ2) is 6.58. The number of hydrogen-bond acceptors (Lipinski definition) is 3. The molecule has 2 aromatic rings. The molecule has 2 heterocycles. The smallest absolute Gasteiger partial charge is 0.315 e. The predicted molar refractivity (Wildman–Crippen MR) is 84.7 cm³/mol. The number of hydrogen-bond donors (Lipinski definition) is 3. The van der Waals surface area contributed by atoms with Gasteiger partial charge in [-0.25, -0.2) is 4.79 Å². The summed E-state index contributed by atoms with van der Waals surface area (Å²) in [6.07, 6.45) is 0. The highest BCUT2D eigenvalue weighted by Gasteiger charge is 2.07. The summed E-state index contributed by atoms with van der Waals surface area (Å²) in [5.41, 5.74) is 2.13. The molecule has 0 aliphatic carbocycles. The molecule has 0 radical (unpaired) electrons. The topological polar surface area (TPSA) is 74.0 Å². The number of aromatic amines is 1. The van der Waals surface area contributed by atoms with Gasteiger partial charge in [0, 0.05) is 21.0 Å². The minimum atomic E-state index is -0.277. The largest absolute Gasteiger partial charge is 0.334 e. The number of rotatable bonds is 4. The highest BCUT2D eigenvalue weighted by Crippen LogP contribution is 2.14. The Labute approximate surface area is 127 Å². The van der Waals surface area contributed by atoms with Gasteiger partial charge in [0.2, 0.25) is 0 Å². The average Bonchev–Trinajstić information content (AvgIpc) is 2.81. The van der Waals surface area contributed by atoms with Crippen LogP contribution in [0.5, 0.6) is 0 Å². The van der Waals surface area contributed by atoms with Gasteiger partial charge in [-0.2, -0.15) is 0 Å². The van der Waals surface area contributed by atoms with E-state index in [1.165, 1.54) is 4.88 Å². The number of thiophene rings is 1. The monoisotopic (exact) mass is 305 g/mol. The Hall–Kier alpha value is -2.08. The molecule has 2 aromatic heterocycles. The van der Waals surface area contributed by atoms with E-state index in [0.717, 1.165) is 16.1 Å². The third-order valence-electron chi connectivity index (χ3n) is 3.14. The Kier molecular flexibility index (Phi) is 4.80. The molecule has 2 rings (SSSR count). The molecule has 0 fully saturated rings. The zero-order valence-corrected chi connectivity index (χ0v) is 13.2. The molecule has 3 N–H and O–H groups in total. The third-order valence-corrected chi connectivity index (χ3v) is 4.14. The summed E-state index contributed by atoms with van der Waals surface area (Å²) in [6, 6.07) is 5.63. The number of nitrogens with one attached hydrogen (secondary N) is 3. The van der Waals surface area contributed by atoms with E-state index in [0.29, 0.717) is 12.1 Å². The number of carbonyl (C=O) groups excluding carboxylic acids is 1. The van der Waals surface area contributed by atoms with Crippen LogP contribution in [0.3, 0.4) is 0 Å². The Morgan fingerprint density at radius 1 is 1.19 bits per heavy atom. The molecule has 0 unspecified atom stereocenters. The molecule has 0 aliphatic heterocycles. The maximum Gasteiger partial charge on any atom is 0.315 e. The molecule has 6 heteroatoms. The standard InChI is InChI=1S/C15H19N3O2S/c1-9-6-10(2)18-14(19)13(9)8-17-15(20)16-7-12-5-4-11(3)21-12/h4-6H,7-8H2,1-3H3,(H,18,19)(H2,16,17,20). The predicted octanol–water partition coefficient (Wildman–Crippen LogP) is 2.36. The number of urea groups is 1. The lowest BCUT2D eigenvalue weighted by Gasteiger charge is -2.09. The first-order valence-corrected chi connectivity index (χ1v) is 7.54. The normalized spacial score (nSPS) is 10.4. The van der Waals surface area contributed by atoms with Crippen molar-refractivity contribution in [2.45, 2.75) is 33.9 Å². The van der Waals surface area contributed by atoms with Crippen LogP contribution in [-0.2, 0) is 13.1 Å². The number of aromatic nitrogens is 1. The summed E-state index contributed by atoms with van der Waals surface area (Å²) in [7, 11) is 0. The number of amides is 2. The van der Waals surface area contributed by atoms with Gasteiger partial charge in [0.25, 0.3) is 5.56 Å². The Morgan fingerprint density at radius 3 is 2.52 bits per heavy atom. The Balaban J connectivity index is 1.88. The highest BCUT2D eigenvalue weighted by molar-refractivity contribution is 7.11. The van der Waals surface area contributed by atoms with Crippen molar-refractivity contribution in [3.63, 3.8) is 0 Å². The van der Waals surface area contributed by atoms with Gasteiger partial charge in [-0.15, -0.1) is 11.3 Å². The van der Waals surface area contributed by atoms with Crippen molar-refractivity contribution in [2.75, 3.05) is 0 Å². The van der Waals surface area contributed by atoms with E-state index in [9.17, 15) is 9.59 Å². The van der Waals surface area contributed by atoms with Crippen LogP contribution in [0.25, 0.3) is 0 Å². The van der Waals surface area contributed by atoms with Crippen molar-refractivity contribution in [3.05, 3.63) is 55.1 Å². The Morgan fingerprint density at radius 2 is 1.90 bits per heavy atom. The molecule has 0 aliphatic rings. The fourth-order valence-corrected chi connectivity index (χ4v) is 2.91. The lowest BCUT2D eigenvalue weighted by atomic mass is 10.1. The minimum absolute atomic E-state index is 0.151. The van der Waals surface area contributed by atoms with Crippen molar-refractivity contribution in [1.29, 1.82) is 0 Å². The minimum Gasteiger partial charge on any atom is -0.334 e. The van der Waals surface area contributed by atoms with E-state index in [1.807, 2.05) is 39.0 Å². The van der Waals surface area contributed by atoms with Gasteiger partial charge in [0.1, 0.15) is 0 Å². The van der Waals surface area contributed by atoms with E-state index >= 15 is 0 Å². The second-order valence-corrected chi connectivity index (χ2v) is 6.36. The van der Waals surface area contributed by atoms with Crippen molar-refractivity contribution < 1.29 is 4.79 Å². The summed E-state index contributed by atoms with van der Waals surface area (Å²) >= 11 is 1.65. The second-order valence-electron chi connectivity index (χ2n) is 4.99. The molecule has 5 nitrogen and oxygen atoms in total. The first kappa shape index (κ1) is 15.3. The fourth-order valence-electron chi connectivity index (χ4n) is 2.08. The summed E-state index contributed by atoms with van der Waals surface area (Å²) < 4.78 is 0. The first-order valence-electron chi connectivity index (χ1n) is 6.72. The van der Waals surface area contributed by atoms with Crippen molar-refractivity contribution in [1.82, 2.24) is 15.6 Å². The van der Waals surface area contributed by atoms with Crippen LogP contribution >= 0.6 is 11.3 Å². The molecular weight excluding hydrogens is 286 g/mol. The number of carbonyl (C=O) groups is 1. The lowest BCUT2D eigenvalue weighted by molar-refractivity contribution is 0.240. The van der Waals surface area contributed by atoms with Crippen LogP contribution in [0.4, 0.5) is 4.79 Å². The van der Waals surface area contributed by atoms with Crippen LogP contribution in [0.2, 0.25) is 0 Å². The first-order chi connectivity index (χ1) is 9.95. The van der Waals surface area contributed by atoms with E-state index in [2.05, 4.69) is 15.6 Å². The number of pyridine rings is 1. The zero-order chi connectivity index (χ0) is 15.4. The van der Waals surface area contributed by atoms with Gasteiger partial charge >= 0.3 is 6.03 Å². The molecule has 112 valence electrons.